The molecule has 1 heterocycles. The molecule has 11 nitrogen and oxygen atoms in total. The van der Waals surface area contributed by atoms with E-state index in [9.17, 15) is 29.1 Å². The molecule has 5 N–H and O–H groups in total. The second-order valence-electron chi connectivity index (χ2n) is 7.71. The number of carboxylic acids is 1. The van der Waals surface area contributed by atoms with Crippen LogP contribution in [0.3, 0.4) is 0 Å². The molecule has 162 valence electrons. The van der Waals surface area contributed by atoms with E-state index in [2.05, 4.69) is 16.0 Å². The molecule has 0 aromatic heterocycles. The summed E-state index contributed by atoms with van der Waals surface area (Å²) in [5.74, 6) is -2.32. The Morgan fingerprint density at radius 1 is 1.20 bits per heavy atom. The minimum atomic E-state index is -1.22. The van der Waals surface area contributed by atoms with Crippen molar-refractivity contribution in [2.24, 2.45) is 0 Å². The number of benzene rings is 1. The summed E-state index contributed by atoms with van der Waals surface area (Å²) in [4.78, 5) is 58.1. The van der Waals surface area contributed by atoms with Crippen LogP contribution in [0.2, 0.25) is 0 Å². The number of carbonyl (C=O) groups is 5. The quantitative estimate of drug-likeness (QED) is 0.453. The highest BCUT2D eigenvalue weighted by atomic mass is 16.6. The lowest BCUT2D eigenvalue weighted by Crippen LogP contribution is -2.56. The number of nitrogens with one attached hydrogen (secondary N) is 4. The Labute approximate surface area is 172 Å². The van der Waals surface area contributed by atoms with Crippen molar-refractivity contribution < 1.29 is 33.8 Å². The Hall–Kier alpha value is -3.63. The summed E-state index contributed by atoms with van der Waals surface area (Å²) < 4.78 is 5.07. The number of imide groups is 1. The van der Waals surface area contributed by atoms with Gasteiger partial charge in [-0.15, -0.1) is 0 Å². The fourth-order valence-electron chi connectivity index (χ4n) is 2.61. The van der Waals surface area contributed by atoms with Gasteiger partial charge in [0, 0.05) is 12.1 Å². The molecule has 11 heteroatoms. The van der Waals surface area contributed by atoms with Gasteiger partial charge in [-0.1, -0.05) is 12.1 Å². The van der Waals surface area contributed by atoms with E-state index >= 15 is 0 Å². The molecule has 1 aliphatic rings. The van der Waals surface area contributed by atoms with E-state index in [1.807, 2.05) is 5.32 Å². The monoisotopic (exact) mass is 420 g/mol. The van der Waals surface area contributed by atoms with Crippen molar-refractivity contribution in [2.45, 2.75) is 51.3 Å². The highest BCUT2D eigenvalue weighted by Gasteiger charge is 2.29. The van der Waals surface area contributed by atoms with Gasteiger partial charge in [0.25, 0.3) is 0 Å². The Morgan fingerprint density at radius 3 is 2.37 bits per heavy atom. The third kappa shape index (κ3) is 7.08. The minimum Gasteiger partial charge on any atom is -0.480 e. The van der Waals surface area contributed by atoms with E-state index in [1.54, 1.807) is 45.0 Å². The molecule has 1 aliphatic heterocycles. The standard InChI is InChI=1S/C19H24N4O7/c1-19(2,3)30-18(29)22-13(16(26)27)8-10-4-6-11(7-5-10)20-15(25)12-9-14(24)23-17(28)21-12/h4-7,12-13H,8-9H2,1-3H3,(H,20,25)(H,22,29)(H,26,27)(H2,21,23,24,28)/t12-,13-/m0/s1. The lowest BCUT2D eigenvalue weighted by molar-refractivity contribution is -0.139. The molecule has 0 unspecified atom stereocenters. The maximum Gasteiger partial charge on any atom is 0.408 e. The van der Waals surface area contributed by atoms with Crippen LogP contribution in [0.15, 0.2) is 24.3 Å². The number of urea groups is 1. The normalized spacial score (nSPS) is 17.2. The Bertz CT molecular complexity index is 829. The molecule has 5 amide bonds. The largest absolute Gasteiger partial charge is 0.480 e. The number of hydrogen-bond donors (Lipinski definition) is 5. The minimum absolute atomic E-state index is 0.00164. The van der Waals surface area contributed by atoms with Crippen LogP contribution >= 0.6 is 0 Å². The Morgan fingerprint density at radius 2 is 1.83 bits per heavy atom. The zero-order valence-corrected chi connectivity index (χ0v) is 16.8. The number of carboxylic acid groups (broad SMARTS) is 1. The molecule has 0 aliphatic carbocycles. The van der Waals surface area contributed by atoms with Crippen molar-refractivity contribution >= 4 is 35.6 Å². The third-order valence-corrected chi connectivity index (χ3v) is 3.91. The zero-order chi connectivity index (χ0) is 22.5. The van der Waals surface area contributed by atoms with Crippen LogP contribution in [0.25, 0.3) is 0 Å². The van der Waals surface area contributed by atoms with Crippen molar-refractivity contribution in [3.05, 3.63) is 29.8 Å². The molecule has 1 aromatic carbocycles. The van der Waals surface area contributed by atoms with E-state index in [-0.39, 0.29) is 12.8 Å². The molecule has 0 radical (unpaired) electrons. The van der Waals surface area contributed by atoms with Crippen molar-refractivity contribution in [1.29, 1.82) is 0 Å². The van der Waals surface area contributed by atoms with Crippen LogP contribution in [0.5, 0.6) is 0 Å². The molecular formula is C19H24N4O7. The molecule has 0 spiro atoms. The van der Waals surface area contributed by atoms with Crippen molar-refractivity contribution in [3.8, 4) is 0 Å². The van der Waals surface area contributed by atoms with Gasteiger partial charge < -0.3 is 25.8 Å². The fourth-order valence-corrected chi connectivity index (χ4v) is 2.61. The van der Waals surface area contributed by atoms with E-state index in [4.69, 9.17) is 4.74 Å². The van der Waals surface area contributed by atoms with Gasteiger partial charge in [-0.05, 0) is 38.5 Å². The maximum atomic E-state index is 12.2. The molecule has 1 aromatic rings. The topological polar surface area (TPSA) is 163 Å². The summed E-state index contributed by atoms with van der Waals surface area (Å²) in [7, 11) is 0. The van der Waals surface area contributed by atoms with Crippen LogP contribution in [0.4, 0.5) is 15.3 Å². The number of amides is 5. The van der Waals surface area contributed by atoms with Gasteiger partial charge >= 0.3 is 18.1 Å². The lowest BCUT2D eigenvalue weighted by Gasteiger charge is -2.22. The first-order valence-electron chi connectivity index (χ1n) is 9.15. The third-order valence-electron chi connectivity index (χ3n) is 3.91. The van der Waals surface area contributed by atoms with Gasteiger partial charge in [-0.2, -0.15) is 0 Å². The summed E-state index contributed by atoms with van der Waals surface area (Å²) in [6.45, 7) is 5.00. The van der Waals surface area contributed by atoms with Gasteiger partial charge in [0.15, 0.2) is 0 Å². The molecule has 1 saturated heterocycles. The van der Waals surface area contributed by atoms with Gasteiger partial charge in [0.05, 0.1) is 6.42 Å². The number of aliphatic carboxylic acids is 1. The highest BCUT2D eigenvalue weighted by Crippen LogP contribution is 2.13. The second kappa shape index (κ2) is 9.25. The molecule has 30 heavy (non-hydrogen) atoms. The van der Waals surface area contributed by atoms with Gasteiger partial charge in [-0.25, -0.2) is 14.4 Å². The van der Waals surface area contributed by atoms with Crippen LogP contribution < -0.4 is 21.3 Å². The zero-order valence-electron chi connectivity index (χ0n) is 16.8. The van der Waals surface area contributed by atoms with Crippen molar-refractivity contribution in [1.82, 2.24) is 16.0 Å². The molecule has 0 bridgehead atoms. The lowest BCUT2D eigenvalue weighted by atomic mass is 10.1. The summed E-state index contributed by atoms with van der Waals surface area (Å²) >= 11 is 0. The van der Waals surface area contributed by atoms with Gasteiger partial charge in [-0.3, -0.25) is 14.9 Å². The molecule has 2 rings (SSSR count). The average molecular weight is 420 g/mol. The van der Waals surface area contributed by atoms with Gasteiger partial charge in [0.1, 0.15) is 17.7 Å². The second-order valence-corrected chi connectivity index (χ2v) is 7.71. The van der Waals surface area contributed by atoms with E-state index < -0.39 is 47.6 Å². The summed E-state index contributed by atoms with van der Waals surface area (Å²) in [5.41, 5.74) is 0.239. The first-order chi connectivity index (χ1) is 13.9. The predicted molar refractivity (Wildman–Crippen MR) is 105 cm³/mol. The number of rotatable bonds is 6. The molecular weight excluding hydrogens is 396 g/mol. The number of alkyl carbamates (subject to hydrolysis) is 1. The summed E-state index contributed by atoms with van der Waals surface area (Å²) in [6.07, 6.45) is -1.01. The number of carbonyl (C=O) groups excluding carboxylic acids is 4. The predicted octanol–water partition coefficient (Wildman–Crippen LogP) is 0.744. The average Bonchev–Trinajstić information content (AvgIpc) is 2.60. The molecule has 2 atom stereocenters. The SMILES string of the molecule is CC(C)(C)OC(=O)N[C@@H](Cc1ccc(NC(=O)[C@@H]2CC(=O)NC(=O)N2)cc1)C(=O)O. The summed E-state index contributed by atoms with van der Waals surface area (Å²) in [6, 6.07) is 3.35. The highest BCUT2D eigenvalue weighted by molar-refractivity contribution is 6.05. The van der Waals surface area contributed by atoms with Crippen LogP contribution in [-0.2, 0) is 25.5 Å². The number of ether oxygens (including phenoxy) is 1. The van der Waals surface area contributed by atoms with Crippen LogP contribution in [0.1, 0.15) is 32.8 Å². The van der Waals surface area contributed by atoms with Crippen molar-refractivity contribution in [2.75, 3.05) is 5.32 Å². The number of hydrogen-bond acceptors (Lipinski definition) is 6. The van der Waals surface area contributed by atoms with Crippen molar-refractivity contribution in [3.63, 3.8) is 0 Å². The maximum absolute atomic E-state index is 12.2. The van der Waals surface area contributed by atoms with E-state index in [1.165, 1.54) is 0 Å². The first-order valence-corrected chi connectivity index (χ1v) is 9.15. The Balaban J connectivity index is 1.96. The fraction of sp³-hybridized carbons (Fsp3) is 0.421. The summed E-state index contributed by atoms with van der Waals surface area (Å²) in [5, 5.41) is 18.6. The van der Waals surface area contributed by atoms with E-state index in [0.29, 0.717) is 11.3 Å². The Kier molecular flexibility index (Phi) is 6.98. The van der Waals surface area contributed by atoms with Gasteiger partial charge in [0.2, 0.25) is 11.8 Å². The smallest absolute Gasteiger partial charge is 0.408 e. The number of anilines is 1. The molecule has 0 saturated carbocycles. The van der Waals surface area contributed by atoms with Crippen LogP contribution in [0, 0.1) is 0 Å². The van der Waals surface area contributed by atoms with E-state index in [0.717, 1.165) is 0 Å². The molecule has 1 fully saturated rings. The first kappa shape index (κ1) is 22.7. The van der Waals surface area contributed by atoms with Crippen LogP contribution in [-0.4, -0.2) is 52.7 Å².